The summed E-state index contributed by atoms with van der Waals surface area (Å²) in [4.78, 5) is 14.6. The van der Waals surface area contributed by atoms with E-state index >= 15 is 0 Å². The number of carbonyl (C=O) groups is 1. The molecule has 1 radical (unpaired) electrons. The van der Waals surface area contributed by atoms with Crippen molar-refractivity contribution in [2.45, 2.75) is 44.9 Å². The molecule has 2 bridgehead atoms. The second-order valence-electron chi connectivity index (χ2n) is 8.16. The Kier molecular flexibility index (Phi) is 4.68. The number of hydrogen-bond donors (Lipinski definition) is 1. The van der Waals surface area contributed by atoms with E-state index in [9.17, 15) is 4.79 Å². The smallest absolute Gasteiger partial charge is 0.224 e. The average Bonchev–Trinajstić information content (AvgIpc) is 2.93. The molecule has 3 aliphatic rings. The van der Waals surface area contributed by atoms with Crippen molar-refractivity contribution in [2.24, 2.45) is 17.1 Å². The molecule has 2 fully saturated rings. The summed E-state index contributed by atoms with van der Waals surface area (Å²) in [5, 5.41) is 0. The molecule has 1 amide bonds. The molecule has 3 nitrogen and oxygen atoms in total. The van der Waals surface area contributed by atoms with E-state index in [2.05, 4.69) is 41.7 Å². The first-order valence-corrected chi connectivity index (χ1v) is 9.81. The fourth-order valence-electron chi connectivity index (χ4n) is 4.88. The van der Waals surface area contributed by atoms with E-state index in [0.29, 0.717) is 5.92 Å². The van der Waals surface area contributed by atoms with Crippen LogP contribution >= 0.6 is 0 Å². The van der Waals surface area contributed by atoms with Crippen LogP contribution in [-0.2, 0) is 17.6 Å². The number of benzene rings is 1. The van der Waals surface area contributed by atoms with E-state index < -0.39 is 5.41 Å². The summed E-state index contributed by atoms with van der Waals surface area (Å²) >= 11 is 0. The van der Waals surface area contributed by atoms with Gasteiger partial charge in [0, 0.05) is 6.54 Å². The van der Waals surface area contributed by atoms with E-state index in [1.807, 2.05) is 0 Å². The van der Waals surface area contributed by atoms with Crippen LogP contribution in [0.3, 0.4) is 0 Å². The lowest BCUT2D eigenvalue weighted by Crippen LogP contribution is -2.37. The van der Waals surface area contributed by atoms with Crippen LogP contribution in [0.1, 0.15) is 48.8 Å². The Balaban J connectivity index is 1.49. The van der Waals surface area contributed by atoms with Gasteiger partial charge in [-0.3, -0.25) is 9.69 Å². The Morgan fingerprint density at radius 3 is 2.88 bits per heavy atom. The van der Waals surface area contributed by atoms with Crippen molar-refractivity contribution < 1.29 is 4.79 Å². The summed E-state index contributed by atoms with van der Waals surface area (Å²) in [5.41, 5.74) is 9.33. The third-order valence-corrected chi connectivity index (χ3v) is 6.35. The van der Waals surface area contributed by atoms with Gasteiger partial charge in [-0.05, 0) is 80.6 Å². The number of amides is 1. The first-order valence-electron chi connectivity index (χ1n) is 9.81. The number of hydrogen-bond acceptors (Lipinski definition) is 2. The Bertz CT molecular complexity index is 675. The average molecular weight is 337 g/mol. The molecule has 25 heavy (non-hydrogen) atoms. The van der Waals surface area contributed by atoms with Gasteiger partial charge in [-0.15, -0.1) is 0 Å². The normalized spacial score (nSPS) is 29.5. The van der Waals surface area contributed by atoms with Crippen LogP contribution in [-0.4, -0.2) is 30.4 Å². The van der Waals surface area contributed by atoms with Gasteiger partial charge in [0.15, 0.2) is 0 Å². The Labute approximate surface area is 151 Å². The molecule has 4 rings (SSSR count). The van der Waals surface area contributed by atoms with Crippen molar-refractivity contribution >= 4 is 12.0 Å². The van der Waals surface area contributed by atoms with Gasteiger partial charge in [0.2, 0.25) is 5.91 Å². The zero-order valence-electron chi connectivity index (χ0n) is 15.0. The predicted octanol–water partition coefficient (Wildman–Crippen LogP) is 3.37. The van der Waals surface area contributed by atoms with Crippen LogP contribution in [0.25, 0.3) is 6.08 Å². The maximum absolute atomic E-state index is 12.1. The largest absolute Gasteiger partial charge is 0.369 e. The molecule has 1 heterocycles. The second kappa shape index (κ2) is 6.95. The molecule has 133 valence electrons. The molecule has 1 aliphatic heterocycles. The highest BCUT2D eigenvalue weighted by Crippen LogP contribution is 2.47. The van der Waals surface area contributed by atoms with Gasteiger partial charge in [-0.25, -0.2) is 0 Å². The molecule has 2 aliphatic carbocycles. The number of piperidine rings is 1. The highest BCUT2D eigenvalue weighted by molar-refractivity contribution is 5.83. The standard InChI is InChI=1S/C22H29N2O/c23-21(25)22-9-8-18(15-22)14-19-7-6-17(13-20(19)16-22)5-4-12-24-10-2-1-3-11-24/h4-7,13,15,18H,1-3,8-12,14,16H2,(H2,23,25). The fourth-order valence-corrected chi connectivity index (χ4v) is 4.88. The molecule has 1 saturated heterocycles. The zero-order valence-corrected chi connectivity index (χ0v) is 15.0. The molecular weight excluding hydrogens is 308 g/mol. The van der Waals surface area contributed by atoms with Crippen molar-refractivity contribution in [1.29, 1.82) is 0 Å². The summed E-state index contributed by atoms with van der Waals surface area (Å²) in [6, 6.07) is 6.77. The molecule has 1 aromatic rings. The Morgan fingerprint density at radius 2 is 2.08 bits per heavy atom. The third-order valence-electron chi connectivity index (χ3n) is 6.35. The van der Waals surface area contributed by atoms with Gasteiger partial charge in [-0.1, -0.05) is 36.8 Å². The van der Waals surface area contributed by atoms with Crippen LogP contribution in [0.5, 0.6) is 0 Å². The highest BCUT2D eigenvalue weighted by atomic mass is 16.1. The number of likely N-dealkylation sites (tertiary alicyclic amines) is 1. The van der Waals surface area contributed by atoms with Gasteiger partial charge in [0.1, 0.15) is 0 Å². The summed E-state index contributed by atoms with van der Waals surface area (Å²) in [6.45, 7) is 3.50. The molecular formula is C22H29N2O. The zero-order chi connectivity index (χ0) is 17.3. The maximum atomic E-state index is 12.1. The molecule has 1 aromatic carbocycles. The van der Waals surface area contributed by atoms with E-state index in [1.54, 1.807) is 0 Å². The maximum Gasteiger partial charge on any atom is 0.224 e. The molecule has 2 unspecified atom stereocenters. The fraction of sp³-hybridized carbons (Fsp3) is 0.545. The number of carbonyl (C=O) groups excluding carboxylic acids is 1. The lowest BCUT2D eigenvalue weighted by Gasteiger charge is -2.25. The topological polar surface area (TPSA) is 46.3 Å². The van der Waals surface area contributed by atoms with Crippen LogP contribution in [0.4, 0.5) is 0 Å². The van der Waals surface area contributed by atoms with Gasteiger partial charge in [0.25, 0.3) is 0 Å². The van der Waals surface area contributed by atoms with Gasteiger partial charge in [0.05, 0.1) is 5.41 Å². The SMILES string of the molecule is NC(=O)C12[CH]C(CC1)Cc1ccc(C=CCN3CCCCC3)cc1C2. The quantitative estimate of drug-likeness (QED) is 0.915. The van der Waals surface area contributed by atoms with Gasteiger partial charge in [-0.2, -0.15) is 0 Å². The number of primary amides is 1. The lowest BCUT2D eigenvalue weighted by molar-refractivity contribution is -0.125. The van der Waals surface area contributed by atoms with Crippen LogP contribution in [0, 0.1) is 17.8 Å². The van der Waals surface area contributed by atoms with Crippen LogP contribution < -0.4 is 5.73 Å². The van der Waals surface area contributed by atoms with Crippen LogP contribution in [0.2, 0.25) is 0 Å². The monoisotopic (exact) mass is 337 g/mol. The Hall–Kier alpha value is -1.61. The highest BCUT2D eigenvalue weighted by Gasteiger charge is 2.46. The summed E-state index contributed by atoms with van der Waals surface area (Å²) < 4.78 is 0. The molecule has 3 heteroatoms. The Morgan fingerprint density at radius 1 is 1.24 bits per heavy atom. The van der Waals surface area contributed by atoms with Gasteiger partial charge < -0.3 is 5.73 Å². The third kappa shape index (κ3) is 3.52. The van der Waals surface area contributed by atoms with E-state index in [4.69, 9.17) is 5.73 Å². The number of fused-ring (bicyclic) bond motifs is 3. The molecule has 0 aromatic heterocycles. The first kappa shape index (κ1) is 16.8. The summed E-state index contributed by atoms with van der Waals surface area (Å²) in [6.07, 6.45) is 14.7. The number of rotatable bonds is 4. The van der Waals surface area contributed by atoms with E-state index in [0.717, 1.165) is 32.2 Å². The van der Waals surface area contributed by atoms with Crippen molar-refractivity contribution in [1.82, 2.24) is 4.90 Å². The van der Waals surface area contributed by atoms with Crippen molar-refractivity contribution in [3.8, 4) is 0 Å². The van der Waals surface area contributed by atoms with Gasteiger partial charge >= 0.3 is 0 Å². The minimum absolute atomic E-state index is 0.145. The second-order valence-corrected chi connectivity index (χ2v) is 8.16. The van der Waals surface area contributed by atoms with Crippen LogP contribution in [0.15, 0.2) is 24.3 Å². The molecule has 0 spiro atoms. The molecule has 2 N–H and O–H groups in total. The first-order chi connectivity index (χ1) is 12.1. The summed E-state index contributed by atoms with van der Waals surface area (Å²) in [5.74, 6) is 0.364. The van der Waals surface area contributed by atoms with Crippen molar-refractivity contribution in [3.05, 3.63) is 47.4 Å². The summed E-state index contributed by atoms with van der Waals surface area (Å²) in [7, 11) is 0. The minimum Gasteiger partial charge on any atom is -0.369 e. The van der Waals surface area contributed by atoms with Crippen molar-refractivity contribution in [3.63, 3.8) is 0 Å². The minimum atomic E-state index is -0.411. The van der Waals surface area contributed by atoms with Crippen molar-refractivity contribution in [2.75, 3.05) is 19.6 Å². The van der Waals surface area contributed by atoms with E-state index in [1.165, 1.54) is 49.0 Å². The lowest BCUT2D eigenvalue weighted by atomic mass is 9.79. The van der Waals surface area contributed by atoms with E-state index in [-0.39, 0.29) is 5.91 Å². The number of nitrogens with two attached hydrogens (primary N) is 1. The molecule has 1 saturated carbocycles. The number of nitrogens with zero attached hydrogens (tertiary/aromatic N) is 1. The predicted molar refractivity (Wildman–Crippen MR) is 102 cm³/mol. The molecule has 2 atom stereocenters.